The number of aliphatic hydroxyl groups is 3. The zero-order valence-electron chi connectivity index (χ0n) is 42.7. The maximum absolute atomic E-state index is 12.5. The number of nitrogens with one attached hydrogen (secondary N) is 1. The summed E-state index contributed by atoms with van der Waals surface area (Å²) in [6, 6.07) is -0.771. The number of aliphatic hydroxyl groups excluding tert-OH is 3. The van der Waals surface area contributed by atoms with E-state index in [1.54, 1.807) is 6.08 Å². The van der Waals surface area contributed by atoms with Gasteiger partial charge in [0.25, 0.3) is 0 Å². The predicted molar refractivity (Wildman–Crippen MR) is 282 cm³/mol. The summed E-state index contributed by atoms with van der Waals surface area (Å²) >= 11 is 0. The van der Waals surface area contributed by atoms with Gasteiger partial charge in [-0.15, -0.1) is 0 Å². The smallest absolute Gasteiger partial charge is 0.222 e. The number of carbonyl (C=O) groups excluding carboxylic acids is 1. The van der Waals surface area contributed by atoms with E-state index in [0.717, 1.165) is 44.9 Å². The van der Waals surface area contributed by atoms with E-state index >= 15 is 0 Å². The van der Waals surface area contributed by atoms with Crippen molar-refractivity contribution in [3.8, 4) is 0 Å². The van der Waals surface area contributed by atoms with Crippen LogP contribution in [0.4, 0.5) is 0 Å². The lowest BCUT2D eigenvalue weighted by molar-refractivity contribution is -0.124. The number of unbranched alkanes of at least 4 members (excludes halogenated alkanes) is 34. The van der Waals surface area contributed by atoms with Crippen molar-refractivity contribution >= 4 is 5.91 Å². The van der Waals surface area contributed by atoms with Gasteiger partial charge >= 0.3 is 0 Å². The third-order valence-corrected chi connectivity index (χ3v) is 12.8. The molecule has 0 saturated heterocycles. The van der Waals surface area contributed by atoms with Crippen molar-refractivity contribution in [3.63, 3.8) is 0 Å². The Kier molecular flexibility index (Phi) is 52.0. The first-order valence-corrected chi connectivity index (χ1v) is 28.1. The average molecular weight is 897 g/mol. The normalized spacial score (nSPS) is 13.8. The van der Waals surface area contributed by atoms with Gasteiger partial charge in [0.05, 0.1) is 31.3 Å². The fourth-order valence-corrected chi connectivity index (χ4v) is 8.46. The first-order chi connectivity index (χ1) is 31.5. The number of allylic oxidation sites excluding steroid dienone is 9. The molecule has 0 bridgehead atoms. The summed E-state index contributed by atoms with van der Waals surface area (Å²) in [5.41, 5.74) is 0. The molecule has 0 aromatic heterocycles. The lowest BCUT2D eigenvalue weighted by atomic mass is 10.0. The van der Waals surface area contributed by atoms with Crippen LogP contribution in [0.15, 0.2) is 60.8 Å². The molecule has 0 fully saturated rings. The highest BCUT2D eigenvalue weighted by Gasteiger charge is 2.20. The summed E-state index contributed by atoms with van der Waals surface area (Å²) in [5, 5.41) is 33.4. The highest BCUT2D eigenvalue weighted by atomic mass is 16.3. The maximum atomic E-state index is 12.5. The van der Waals surface area contributed by atoms with E-state index in [4.69, 9.17) is 0 Å². The van der Waals surface area contributed by atoms with Crippen molar-refractivity contribution < 1.29 is 20.1 Å². The van der Waals surface area contributed by atoms with E-state index in [1.165, 1.54) is 212 Å². The van der Waals surface area contributed by atoms with Crippen molar-refractivity contribution in [2.45, 2.75) is 302 Å². The fraction of sp³-hybridized carbons (Fsp3) is 0.814. The highest BCUT2D eigenvalue weighted by Crippen LogP contribution is 2.16. The van der Waals surface area contributed by atoms with E-state index in [0.29, 0.717) is 6.42 Å². The van der Waals surface area contributed by atoms with E-state index in [9.17, 15) is 20.1 Å². The molecule has 0 heterocycles. The molecule has 64 heavy (non-hydrogen) atoms. The zero-order chi connectivity index (χ0) is 46.5. The van der Waals surface area contributed by atoms with Crippen LogP contribution in [0.25, 0.3) is 0 Å². The average Bonchev–Trinajstić information content (AvgIpc) is 3.29. The van der Waals surface area contributed by atoms with Gasteiger partial charge in [0.15, 0.2) is 0 Å². The third kappa shape index (κ3) is 49.5. The van der Waals surface area contributed by atoms with E-state index in [2.05, 4.69) is 67.8 Å². The number of hydrogen-bond donors (Lipinski definition) is 4. The van der Waals surface area contributed by atoms with Crippen LogP contribution in [0, 0.1) is 0 Å². The second-order valence-electron chi connectivity index (χ2n) is 19.2. The quantitative estimate of drug-likeness (QED) is 0.0362. The molecule has 3 atom stereocenters. The second kappa shape index (κ2) is 53.7. The van der Waals surface area contributed by atoms with Crippen molar-refractivity contribution in [3.05, 3.63) is 60.8 Å². The first kappa shape index (κ1) is 62.1. The Balaban J connectivity index is 3.65. The van der Waals surface area contributed by atoms with Gasteiger partial charge in [-0.05, 0) is 77.0 Å². The van der Waals surface area contributed by atoms with Crippen LogP contribution in [0.2, 0.25) is 0 Å². The minimum Gasteiger partial charge on any atom is -0.394 e. The molecule has 0 spiro atoms. The number of hydrogen-bond acceptors (Lipinski definition) is 4. The van der Waals surface area contributed by atoms with Crippen LogP contribution >= 0.6 is 0 Å². The summed E-state index contributed by atoms with van der Waals surface area (Å²) in [5.74, 6) is -0.330. The number of carbonyl (C=O) groups is 1. The molecule has 0 saturated carbocycles. The summed E-state index contributed by atoms with van der Waals surface area (Å²) < 4.78 is 0. The molecule has 0 radical (unpaired) electrons. The Labute approximate surface area is 399 Å². The van der Waals surface area contributed by atoms with Gasteiger partial charge in [0.2, 0.25) is 5.91 Å². The SMILES string of the molecule is CCCCCCCCCCC/C=C\C/C=C\CCCCCCCCCCCCCC(O)CC(=O)NC(CO)C(O)/C=C/CC/C=C/CC/C=C/CCCCCCCCCCCCCC. The molecular weight excluding hydrogens is 787 g/mol. The van der Waals surface area contributed by atoms with Gasteiger partial charge in [-0.25, -0.2) is 0 Å². The molecule has 0 aromatic carbocycles. The molecule has 1 amide bonds. The maximum Gasteiger partial charge on any atom is 0.222 e. The van der Waals surface area contributed by atoms with E-state index in [-0.39, 0.29) is 18.9 Å². The summed E-state index contributed by atoms with van der Waals surface area (Å²) in [6.07, 6.45) is 72.6. The minimum absolute atomic E-state index is 0.000570. The Morgan fingerprint density at radius 1 is 0.406 bits per heavy atom. The van der Waals surface area contributed by atoms with Crippen LogP contribution in [0.3, 0.4) is 0 Å². The summed E-state index contributed by atoms with van der Waals surface area (Å²) in [6.45, 7) is 4.22. The molecule has 0 rings (SSSR count). The van der Waals surface area contributed by atoms with Gasteiger partial charge < -0.3 is 20.6 Å². The fourth-order valence-electron chi connectivity index (χ4n) is 8.46. The highest BCUT2D eigenvalue weighted by molar-refractivity contribution is 5.76. The van der Waals surface area contributed by atoms with Crippen molar-refractivity contribution in [1.82, 2.24) is 5.32 Å². The molecule has 0 aliphatic rings. The molecule has 3 unspecified atom stereocenters. The third-order valence-electron chi connectivity index (χ3n) is 12.8. The first-order valence-electron chi connectivity index (χ1n) is 28.1. The molecule has 0 aromatic rings. The van der Waals surface area contributed by atoms with Crippen LogP contribution in [0.1, 0.15) is 284 Å². The largest absolute Gasteiger partial charge is 0.394 e. The van der Waals surface area contributed by atoms with Crippen LogP contribution in [-0.4, -0.2) is 46.1 Å². The lowest BCUT2D eigenvalue weighted by Crippen LogP contribution is -2.45. The Hall–Kier alpha value is -1.95. The Morgan fingerprint density at radius 3 is 1.09 bits per heavy atom. The number of rotatable bonds is 51. The van der Waals surface area contributed by atoms with Gasteiger partial charge in [-0.3, -0.25) is 4.79 Å². The second-order valence-corrected chi connectivity index (χ2v) is 19.2. The van der Waals surface area contributed by atoms with Crippen molar-refractivity contribution in [1.29, 1.82) is 0 Å². The lowest BCUT2D eigenvalue weighted by Gasteiger charge is -2.21. The van der Waals surface area contributed by atoms with Crippen LogP contribution in [0.5, 0.6) is 0 Å². The monoisotopic (exact) mass is 896 g/mol. The molecule has 374 valence electrons. The Bertz CT molecular complexity index is 1080. The zero-order valence-corrected chi connectivity index (χ0v) is 42.7. The predicted octanol–water partition coefficient (Wildman–Crippen LogP) is 17.4. The summed E-state index contributed by atoms with van der Waals surface area (Å²) in [7, 11) is 0. The van der Waals surface area contributed by atoms with Gasteiger partial charge in [-0.1, -0.05) is 261 Å². The van der Waals surface area contributed by atoms with E-state index in [1.807, 2.05) is 6.08 Å². The Morgan fingerprint density at radius 2 is 0.719 bits per heavy atom. The molecular formula is C59H109NO4. The molecule has 0 aliphatic carbocycles. The minimum atomic E-state index is -0.964. The van der Waals surface area contributed by atoms with Gasteiger partial charge in [0, 0.05) is 0 Å². The van der Waals surface area contributed by atoms with Crippen LogP contribution < -0.4 is 5.32 Å². The van der Waals surface area contributed by atoms with Crippen molar-refractivity contribution in [2.75, 3.05) is 6.61 Å². The standard InChI is InChI=1S/C59H109NO4/c1-3-5-7-9-11-13-15-17-19-21-23-25-27-28-29-30-31-32-34-36-38-40-42-44-46-48-50-52-56(62)54-59(64)60-57(55-61)58(63)53-51-49-47-45-43-41-39-37-35-33-26-24-22-20-18-16-14-12-10-8-6-4-2/h23,25,28-29,35,37,43,45,51,53,56-58,61-63H,3-22,24,26-27,30-34,36,38-42,44,46-50,52,54-55H2,1-2H3,(H,60,64)/b25-23-,29-28-,37-35+,45-43+,53-51+. The van der Waals surface area contributed by atoms with E-state index < -0.39 is 18.2 Å². The van der Waals surface area contributed by atoms with Crippen LogP contribution in [-0.2, 0) is 4.79 Å². The van der Waals surface area contributed by atoms with Crippen molar-refractivity contribution in [2.24, 2.45) is 0 Å². The van der Waals surface area contributed by atoms with Gasteiger partial charge in [-0.2, -0.15) is 0 Å². The topological polar surface area (TPSA) is 89.8 Å². The number of amides is 1. The molecule has 5 nitrogen and oxygen atoms in total. The van der Waals surface area contributed by atoms with Gasteiger partial charge in [0.1, 0.15) is 0 Å². The molecule has 0 aliphatic heterocycles. The molecule has 4 N–H and O–H groups in total. The molecule has 5 heteroatoms. The summed E-state index contributed by atoms with van der Waals surface area (Å²) in [4.78, 5) is 12.5.